The van der Waals surface area contributed by atoms with Crippen LogP contribution in [0.1, 0.15) is 25.0 Å². The lowest BCUT2D eigenvalue weighted by Gasteiger charge is -2.36. The van der Waals surface area contributed by atoms with Gasteiger partial charge >= 0.3 is 0 Å². The lowest BCUT2D eigenvalue weighted by Crippen LogP contribution is -2.45. The molecule has 6 heteroatoms. The van der Waals surface area contributed by atoms with Crippen molar-refractivity contribution < 1.29 is 9.47 Å². The molecular weight excluding hydrogens is 394 g/mol. The van der Waals surface area contributed by atoms with Crippen molar-refractivity contribution in [1.82, 2.24) is 4.98 Å². The summed E-state index contributed by atoms with van der Waals surface area (Å²) in [6, 6.07) is 9.20. The zero-order valence-electron chi connectivity index (χ0n) is 18.3. The van der Waals surface area contributed by atoms with Gasteiger partial charge in [0.05, 0.1) is 25.4 Å². The minimum Gasteiger partial charge on any atom is -0.378 e. The monoisotopic (exact) mass is 424 g/mol. The molecule has 5 rings (SSSR count). The Kier molecular flexibility index (Phi) is 5.25. The van der Waals surface area contributed by atoms with Crippen molar-refractivity contribution >= 4 is 43.1 Å². The third-order valence-corrected chi connectivity index (χ3v) is 7.17. The SMILES string of the molecule is Cc1cc(N2CCOCC2)cc2[s+]c3cc(N4C[C@@H](C)O[C@@H](C)C4)cc(C)c3nc12. The summed E-state index contributed by atoms with van der Waals surface area (Å²) in [5.74, 6) is 0. The van der Waals surface area contributed by atoms with Crippen LogP contribution in [0.5, 0.6) is 0 Å². The second-order valence-electron chi connectivity index (χ2n) is 8.69. The predicted molar refractivity (Wildman–Crippen MR) is 126 cm³/mol. The Bertz CT molecular complexity index is 1090. The molecule has 0 amide bonds. The van der Waals surface area contributed by atoms with Crippen molar-refractivity contribution in [3.8, 4) is 0 Å². The highest BCUT2D eigenvalue weighted by molar-refractivity contribution is 7.24. The summed E-state index contributed by atoms with van der Waals surface area (Å²) in [4.78, 5) is 9.98. The molecule has 5 nitrogen and oxygen atoms in total. The average Bonchev–Trinajstić information content (AvgIpc) is 2.72. The Morgan fingerprint density at radius 1 is 0.833 bits per heavy atom. The van der Waals surface area contributed by atoms with Crippen LogP contribution < -0.4 is 9.80 Å². The Morgan fingerprint density at radius 2 is 1.37 bits per heavy atom. The number of anilines is 2. The van der Waals surface area contributed by atoms with E-state index in [4.69, 9.17) is 14.5 Å². The fraction of sp³-hybridized carbons (Fsp3) is 0.500. The smallest absolute Gasteiger partial charge is 0.259 e. The van der Waals surface area contributed by atoms with Crippen LogP contribution in [0.25, 0.3) is 20.4 Å². The first-order valence-corrected chi connectivity index (χ1v) is 11.7. The van der Waals surface area contributed by atoms with Crippen LogP contribution in [-0.2, 0) is 9.47 Å². The third-order valence-electron chi connectivity index (χ3n) is 6.11. The number of aromatic nitrogens is 1. The summed E-state index contributed by atoms with van der Waals surface area (Å²) >= 11 is 1.86. The number of morpholine rings is 2. The quantitative estimate of drug-likeness (QED) is 0.436. The number of fused-ring (bicyclic) bond motifs is 2. The maximum atomic E-state index is 5.93. The molecule has 2 aliphatic heterocycles. The van der Waals surface area contributed by atoms with E-state index >= 15 is 0 Å². The molecule has 2 aliphatic rings. The minimum absolute atomic E-state index is 0.252. The normalized spacial score (nSPS) is 22.8. The summed E-state index contributed by atoms with van der Waals surface area (Å²) in [7, 11) is 0. The number of hydrogen-bond acceptors (Lipinski definition) is 5. The van der Waals surface area contributed by atoms with Crippen molar-refractivity contribution in [3.63, 3.8) is 0 Å². The van der Waals surface area contributed by atoms with Crippen LogP contribution in [-0.4, -0.2) is 56.6 Å². The van der Waals surface area contributed by atoms with Gasteiger partial charge in [0.1, 0.15) is 11.0 Å². The molecule has 0 unspecified atom stereocenters. The molecule has 2 fully saturated rings. The molecule has 3 heterocycles. The predicted octanol–water partition coefficient (Wildman–Crippen LogP) is 4.80. The summed E-state index contributed by atoms with van der Waals surface area (Å²) < 4.78 is 14.0. The van der Waals surface area contributed by atoms with Gasteiger partial charge in [-0.3, -0.25) is 0 Å². The fourth-order valence-corrected chi connectivity index (χ4v) is 5.91. The Balaban J connectivity index is 1.59. The molecule has 0 saturated carbocycles. The van der Waals surface area contributed by atoms with E-state index in [1.54, 1.807) is 0 Å². The van der Waals surface area contributed by atoms with E-state index < -0.39 is 0 Å². The van der Waals surface area contributed by atoms with Crippen molar-refractivity contribution in [1.29, 1.82) is 0 Å². The number of ether oxygens (including phenoxy) is 2. The maximum Gasteiger partial charge on any atom is 0.259 e. The van der Waals surface area contributed by atoms with Crippen LogP contribution in [0.15, 0.2) is 24.3 Å². The molecule has 2 atom stereocenters. The van der Waals surface area contributed by atoms with Crippen LogP contribution in [0.3, 0.4) is 0 Å². The van der Waals surface area contributed by atoms with Gasteiger partial charge in [-0.05, 0) is 51.0 Å². The first-order valence-electron chi connectivity index (χ1n) is 10.9. The standard InChI is InChI=1S/C24H30N3O2S/c1-15-9-19(26-5-7-28-8-6-26)11-21-23(15)25-24-16(2)10-20(12-22(24)30-21)27-13-17(3)29-18(4)14-27/h9-12,17-18H,5-8,13-14H2,1-4H3/q+1/t17-,18+. The fourth-order valence-electron chi connectivity index (χ4n) is 4.71. The molecule has 0 spiro atoms. The van der Waals surface area contributed by atoms with Gasteiger partial charge in [0.15, 0.2) is 0 Å². The van der Waals surface area contributed by atoms with Gasteiger partial charge in [-0.15, -0.1) is 0 Å². The van der Waals surface area contributed by atoms with Gasteiger partial charge in [-0.25, -0.2) is 4.98 Å². The lowest BCUT2D eigenvalue weighted by atomic mass is 10.1. The minimum atomic E-state index is 0.252. The van der Waals surface area contributed by atoms with E-state index in [1.807, 2.05) is 11.3 Å². The number of benzene rings is 2. The molecule has 2 saturated heterocycles. The van der Waals surface area contributed by atoms with E-state index in [9.17, 15) is 0 Å². The molecule has 0 N–H and O–H groups in total. The highest BCUT2D eigenvalue weighted by atomic mass is 32.1. The van der Waals surface area contributed by atoms with E-state index in [2.05, 4.69) is 61.8 Å². The molecule has 158 valence electrons. The summed E-state index contributed by atoms with van der Waals surface area (Å²) in [6.07, 6.45) is 0.503. The summed E-state index contributed by atoms with van der Waals surface area (Å²) in [5.41, 5.74) is 7.28. The second kappa shape index (κ2) is 7.91. The van der Waals surface area contributed by atoms with Gasteiger partial charge < -0.3 is 19.3 Å². The number of aryl methyl sites for hydroxylation is 2. The van der Waals surface area contributed by atoms with Gasteiger partial charge in [0.2, 0.25) is 11.3 Å². The van der Waals surface area contributed by atoms with Gasteiger partial charge in [0, 0.05) is 49.7 Å². The van der Waals surface area contributed by atoms with Crippen molar-refractivity contribution in [3.05, 3.63) is 35.4 Å². The molecule has 3 aromatic rings. The van der Waals surface area contributed by atoms with Gasteiger partial charge in [-0.2, -0.15) is 0 Å². The Morgan fingerprint density at radius 3 is 1.93 bits per heavy atom. The highest BCUT2D eigenvalue weighted by Gasteiger charge is 2.25. The topological polar surface area (TPSA) is 37.8 Å². The molecule has 0 aliphatic carbocycles. The van der Waals surface area contributed by atoms with Crippen LogP contribution in [0.4, 0.5) is 11.4 Å². The van der Waals surface area contributed by atoms with E-state index in [0.717, 1.165) is 50.4 Å². The zero-order valence-corrected chi connectivity index (χ0v) is 19.1. The first kappa shape index (κ1) is 19.9. The largest absolute Gasteiger partial charge is 0.378 e. The summed E-state index contributed by atoms with van der Waals surface area (Å²) in [6.45, 7) is 14.0. The molecule has 0 radical (unpaired) electrons. The van der Waals surface area contributed by atoms with Crippen molar-refractivity contribution in [2.24, 2.45) is 0 Å². The van der Waals surface area contributed by atoms with E-state index in [-0.39, 0.29) is 12.2 Å². The Hall–Kier alpha value is -2.02. The number of hydrogen-bond donors (Lipinski definition) is 0. The number of rotatable bonds is 2. The summed E-state index contributed by atoms with van der Waals surface area (Å²) in [5, 5.41) is 0. The Labute approximate surface area is 182 Å². The lowest BCUT2D eigenvalue weighted by molar-refractivity contribution is -0.00521. The van der Waals surface area contributed by atoms with Crippen LogP contribution in [0, 0.1) is 13.8 Å². The third kappa shape index (κ3) is 3.72. The number of nitrogens with zero attached hydrogens (tertiary/aromatic N) is 3. The van der Waals surface area contributed by atoms with E-state index in [0.29, 0.717) is 0 Å². The van der Waals surface area contributed by atoms with Crippen LogP contribution in [0.2, 0.25) is 0 Å². The maximum absolute atomic E-state index is 5.93. The van der Waals surface area contributed by atoms with E-state index in [1.165, 1.54) is 31.9 Å². The second-order valence-corrected chi connectivity index (χ2v) is 9.78. The molecular formula is C24H30N3O2S+. The zero-order chi connectivity index (χ0) is 20.8. The van der Waals surface area contributed by atoms with Gasteiger partial charge in [0.25, 0.3) is 9.40 Å². The highest BCUT2D eigenvalue weighted by Crippen LogP contribution is 2.35. The van der Waals surface area contributed by atoms with Crippen molar-refractivity contribution in [2.75, 3.05) is 49.2 Å². The molecule has 30 heavy (non-hydrogen) atoms. The molecule has 0 bridgehead atoms. The van der Waals surface area contributed by atoms with Crippen molar-refractivity contribution in [2.45, 2.75) is 39.9 Å². The molecule has 2 aromatic carbocycles. The first-order chi connectivity index (χ1) is 14.5. The van der Waals surface area contributed by atoms with Gasteiger partial charge in [-0.1, -0.05) is 0 Å². The molecule has 1 aromatic heterocycles. The average molecular weight is 425 g/mol. The van der Waals surface area contributed by atoms with Crippen LogP contribution >= 0.6 is 11.3 Å².